The van der Waals surface area contributed by atoms with Crippen LogP contribution in [0.2, 0.25) is 0 Å². The van der Waals surface area contributed by atoms with Crippen molar-refractivity contribution in [3.63, 3.8) is 0 Å². The molecule has 0 spiro atoms. The highest BCUT2D eigenvalue weighted by Gasteiger charge is 2.30. The maximum atomic E-state index is 12.0. The molecule has 0 heterocycles. The number of hydrogen-bond acceptors (Lipinski definition) is 4. The summed E-state index contributed by atoms with van der Waals surface area (Å²) < 4.78 is 11.5. The molecule has 0 radical (unpaired) electrons. The van der Waals surface area contributed by atoms with Crippen LogP contribution in [0.1, 0.15) is 72.8 Å². The number of fused-ring (bicyclic) bond motifs is 1. The lowest BCUT2D eigenvalue weighted by atomic mass is 9.72. The van der Waals surface area contributed by atoms with Crippen molar-refractivity contribution in [3.05, 3.63) is 42.0 Å². The second-order valence-electron chi connectivity index (χ2n) is 11.0. The third-order valence-electron chi connectivity index (χ3n) is 6.80. The van der Waals surface area contributed by atoms with Gasteiger partial charge in [0.15, 0.2) is 0 Å². The molecule has 1 aliphatic carbocycles. The van der Waals surface area contributed by atoms with Gasteiger partial charge in [-0.05, 0) is 92.3 Å². The molecule has 1 fully saturated rings. The molecule has 32 heavy (non-hydrogen) atoms. The van der Waals surface area contributed by atoms with Gasteiger partial charge >= 0.3 is 5.97 Å². The highest BCUT2D eigenvalue weighted by atomic mass is 16.5. The van der Waals surface area contributed by atoms with E-state index in [1.807, 2.05) is 20.8 Å². The van der Waals surface area contributed by atoms with E-state index in [9.17, 15) is 4.79 Å². The van der Waals surface area contributed by atoms with Crippen molar-refractivity contribution in [2.75, 3.05) is 13.2 Å². The summed E-state index contributed by atoms with van der Waals surface area (Å²) in [5, 5.41) is 5.80. The Labute approximate surface area is 194 Å². The lowest BCUT2D eigenvalue weighted by molar-refractivity contribution is -0.153. The Morgan fingerprint density at radius 3 is 2.28 bits per heavy atom. The maximum absolute atomic E-state index is 12.0. The summed E-state index contributed by atoms with van der Waals surface area (Å²) in [6, 6.07) is 12.9. The second-order valence-corrected chi connectivity index (χ2v) is 11.0. The smallest absolute Gasteiger partial charge is 0.312 e. The molecule has 4 heteroatoms. The van der Waals surface area contributed by atoms with Crippen molar-refractivity contribution in [1.82, 2.24) is 5.32 Å². The van der Waals surface area contributed by atoms with Crippen LogP contribution < -0.4 is 10.1 Å². The van der Waals surface area contributed by atoms with Gasteiger partial charge in [0.1, 0.15) is 5.75 Å². The molecular weight excluding hydrogens is 398 g/mol. The zero-order chi connectivity index (χ0) is 23.4. The number of rotatable bonds is 8. The summed E-state index contributed by atoms with van der Waals surface area (Å²) in [7, 11) is 0. The number of hydrogen-bond donors (Lipinski definition) is 1. The molecule has 2 aromatic carbocycles. The summed E-state index contributed by atoms with van der Waals surface area (Å²) in [6.45, 7) is 14.4. The van der Waals surface area contributed by atoms with Gasteiger partial charge < -0.3 is 14.8 Å². The van der Waals surface area contributed by atoms with Crippen LogP contribution in [0.5, 0.6) is 5.75 Å². The Kier molecular flexibility index (Phi) is 7.87. The predicted molar refractivity (Wildman–Crippen MR) is 132 cm³/mol. The van der Waals surface area contributed by atoms with E-state index in [2.05, 4.69) is 62.5 Å². The van der Waals surface area contributed by atoms with Gasteiger partial charge in [-0.3, -0.25) is 4.79 Å². The summed E-state index contributed by atoms with van der Waals surface area (Å²) in [4.78, 5) is 12.0. The van der Waals surface area contributed by atoms with Crippen molar-refractivity contribution >= 4 is 16.7 Å². The van der Waals surface area contributed by atoms with Crippen LogP contribution in [0, 0.1) is 16.7 Å². The van der Waals surface area contributed by atoms with Gasteiger partial charge in [0.05, 0.1) is 18.1 Å². The van der Waals surface area contributed by atoms with Crippen molar-refractivity contribution in [3.8, 4) is 5.75 Å². The minimum Gasteiger partial charge on any atom is -0.490 e. The molecule has 0 bridgehead atoms. The molecule has 1 N–H and O–H groups in total. The molecule has 0 aromatic heterocycles. The van der Waals surface area contributed by atoms with E-state index in [-0.39, 0.29) is 5.97 Å². The SMILES string of the molecule is CCOC(=O)C(C)(C)CNCc1ccc2cc(OC3CCC(C(C)(C)C)CC3)ccc2c1. The lowest BCUT2D eigenvalue weighted by Gasteiger charge is -2.37. The third-order valence-corrected chi connectivity index (χ3v) is 6.80. The molecule has 0 atom stereocenters. The average Bonchev–Trinajstić information content (AvgIpc) is 2.73. The highest BCUT2D eigenvalue weighted by molar-refractivity contribution is 5.84. The summed E-state index contributed by atoms with van der Waals surface area (Å²) in [5.41, 5.74) is 1.06. The van der Waals surface area contributed by atoms with Crippen molar-refractivity contribution in [2.24, 2.45) is 16.7 Å². The number of nitrogens with one attached hydrogen (secondary N) is 1. The van der Waals surface area contributed by atoms with Crippen molar-refractivity contribution < 1.29 is 14.3 Å². The fourth-order valence-corrected chi connectivity index (χ4v) is 4.61. The van der Waals surface area contributed by atoms with Gasteiger partial charge in [0.25, 0.3) is 0 Å². The monoisotopic (exact) mass is 439 g/mol. The fourth-order valence-electron chi connectivity index (χ4n) is 4.61. The van der Waals surface area contributed by atoms with Crippen LogP contribution in [0.25, 0.3) is 10.8 Å². The van der Waals surface area contributed by atoms with Gasteiger partial charge in [0, 0.05) is 13.1 Å². The van der Waals surface area contributed by atoms with E-state index in [4.69, 9.17) is 9.47 Å². The predicted octanol–water partition coefficient (Wildman–Crippen LogP) is 6.50. The lowest BCUT2D eigenvalue weighted by Crippen LogP contribution is -2.37. The Bertz CT molecular complexity index is 905. The Hall–Kier alpha value is -2.07. The summed E-state index contributed by atoms with van der Waals surface area (Å²) in [6.07, 6.45) is 5.13. The summed E-state index contributed by atoms with van der Waals surface area (Å²) in [5.74, 6) is 1.61. The molecule has 0 saturated heterocycles. The first kappa shape index (κ1) is 24.6. The van der Waals surface area contributed by atoms with E-state index in [1.165, 1.54) is 29.2 Å². The van der Waals surface area contributed by atoms with E-state index in [0.717, 1.165) is 24.5 Å². The first-order chi connectivity index (χ1) is 15.1. The molecule has 4 nitrogen and oxygen atoms in total. The van der Waals surface area contributed by atoms with Gasteiger partial charge in [-0.25, -0.2) is 0 Å². The number of esters is 1. The molecule has 0 amide bonds. The zero-order valence-electron chi connectivity index (χ0n) is 20.8. The molecule has 3 rings (SSSR count). The molecular formula is C28H41NO3. The highest BCUT2D eigenvalue weighted by Crippen LogP contribution is 2.39. The van der Waals surface area contributed by atoms with Gasteiger partial charge in [-0.2, -0.15) is 0 Å². The quantitative estimate of drug-likeness (QED) is 0.477. The van der Waals surface area contributed by atoms with E-state index in [0.29, 0.717) is 31.2 Å². The van der Waals surface area contributed by atoms with Crippen molar-refractivity contribution in [2.45, 2.75) is 79.9 Å². The Morgan fingerprint density at radius 2 is 1.62 bits per heavy atom. The second kappa shape index (κ2) is 10.2. The third kappa shape index (κ3) is 6.48. The summed E-state index contributed by atoms with van der Waals surface area (Å²) >= 11 is 0. The van der Waals surface area contributed by atoms with Crippen molar-refractivity contribution in [1.29, 1.82) is 0 Å². The van der Waals surface area contributed by atoms with E-state index in [1.54, 1.807) is 0 Å². The van der Waals surface area contributed by atoms with Crippen LogP contribution in [0.15, 0.2) is 36.4 Å². The van der Waals surface area contributed by atoms with Gasteiger partial charge in [-0.15, -0.1) is 0 Å². The Morgan fingerprint density at radius 1 is 0.969 bits per heavy atom. The molecule has 176 valence electrons. The normalized spacial score (nSPS) is 19.7. The number of carbonyl (C=O) groups is 1. The minimum absolute atomic E-state index is 0.162. The van der Waals surface area contributed by atoms with Crippen LogP contribution in [0.3, 0.4) is 0 Å². The molecule has 0 unspecified atom stereocenters. The van der Waals surface area contributed by atoms with E-state index >= 15 is 0 Å². The van der Waals surface area contributed by atoms with Gasteiger partial charge in [-0.1, -0.05) is 39.0 Å². The molecule has 0 aliphatic heterocycles. The topological polar surface area (TPSA) is 47.6 Å². The average molecular weight is 440 g/mol. The Balaban J connectivity index is 1.55. The number of ether oxygens (including phenoxy) is 2. The number of benzene rings is 2. The molecule has 1 aliphatic rings. The first-order valence-corrected chi connectivity index (χ1v) is 12.2. The minimum atomic E-state index is -0.537. The molecule has 1 saturated carbocycles. The molecule has 2 aromatic rings. The first-order valence-electron chi connectivity index (χ1n) is 12.2. The van der Waals surface area contributed by atoms with Crippen LogP contribution in [-0.2, 0) is 16.1 Å². The number of carbonyl (C=O) groups excluding carboxylic acids is 1. The van der Waals surface area contributed by atoms with Gasteiger partial charge in [0.2, 0.25) is 0 Å². The largest absolute Gasteiger partial charge is 0.490 e. The zero-order valence-corrected chi connectivity index (χ0v) is 20.8. The van der Waals surface area contributed by atoms with Crippen LogP contribution >= 0.6 is 0 Å². The van der Waals surface area contributed by atoms with Crippen LogP contribution in [0.4, 0.5) is 0 Å². The standard InChI is InChI=1S/C28H41NO3/c1-7-31-26(30)28(5,6)19-29-18-20-8-9-22-17-25(13-10-21(22)16-20)32-24-14-11-23(12-15-24)27(2,3)4/h8-10,13,16-17,23-24,29H,7,11-12,14-15,18-19H2,1-6H3. The van der Waals surface area contributed by atoms with E-state index < -0.39 is 5.41 Å². The maximum Gasteiger partial charge on any atom is 0.312 e. The fraction of sp³-hybridized carbons (Fsp3) is 0.607. The van der Waals surface area contributed by atoms with Crippen LogP contribution in [-0.4, -0.2) is 25.2 Å².